The van der Waals surface area contributed by atoms with Crippen LogP contribution < -0.4 is 0 Å². The van der Waals surface area contributed by atoms with Gasteiger partial charge >= 0.3 is 14.8 Å². The van der Waals surface area contributed by atoms with Crippen LogP contribution in [0.4, 0.5) is 0 Å². The Hall–Kier alpha value is -3.33. The summed E-state index contributed by atoms with van der Waals surface area (Å²) in [7, 11) is -4.01. The molecule has 0 saturated heterocycles. The number of rotatable bonds is 8. The molecular formula is C20H22O8Si. The molecular weight excluding hydrogens is 396 g/mol. The molecule has 2 aromatic carbocycles. The smallest absolute Gasteiger partial charge is 0.508 e. The molecule has 2 aromatic rings. The molecule has 8 nitrogen and oxygen atoms in total. The third-order valence-electron chi connectivity index (χ3n) is 3.83. The van der Waals surface area contributed by atoms with E-state index < -0.39 is 26.7 Å². The lowest BCUT2D eigenvalue weighted by Gasteiger charge is -2.26. The van der Waals surface area contributed by atoms with Crippen LogP contribution in [0.5, 0.6) is 11.5 Å². The Morgan fingerprint density at radius 3 is 1.76 bits per heavy atom. The molecule has 0 aliphatic carbocycles. The van der Waals surface area contributed by atoms with Crippen molar-refractivity contribution in [2.24, 2.45) is 0 Å². The largest absolute Gasteiger partial charge is 0.705 e. The highest BCUT2D eigenvalue weighted by Gasteiger charge is 2.51. The Bertz CT molecular complexity index is 845. The first-order valence-electron chi connectivity index (χ1n) is 8.88. The molecule has 9 heteroatoms. The van der Waals surface area contributed by atoms with Crippen LogP contribution in [0.3, 0.4) is 0 Å². The summed E-state index contributed by atoms with van der Waals surface area (Å²) >= 11 is 0. The van der Waals surface area contributed by atoms with E-state index in [1.807, 2.05) is 0 Å². The number of hydrogen-bond acceptors (Lipinski definition) is 8. The van der Waals surface area contributed by atoms with Crippen molar-refractivity contribution in [1.82, 2.24) is 0 Å². The molecule has 2 rings (SSSR count). The van der Waals surface area contributed by atoms with Crippen LogP contribution in [0.15, 0.2) is 48.5 Å². The third kappa shape index (κ3) is 6.96. The SMILES string of the molecule is CC(=O)O[Si](CCCc1ccc(O)cc1)(OC(C)=O)OC(=O)c1ccc(O)cc1. The van der Waals surface area contributed by atoms with Gasteiger partial charge in [0.15, 0.2) is 0 Å². The molecule has 0 amide bonds. The van der Waals surface area contributed by atoms with Crippen molar-refractivity contribution in [3.8, 4) is 11.5 Å². The average Bonchev–Trinajstić information content (AvgIpc) is 2.62. The molecule has 0 heterocycles. The van der Waals surface area contributed by atoms with Crippen molar-refractivity contribution < 1.29 is 37.9 Å². The Balaban J connectivity index is 2.19. The maximum absolute atomic E-state index is 12.5. The van der Waals surface area contributed by atoms with E-state index in [9.17, 15) is 24.6 Å². The molecule has 2 N–H and O–H groups in total. The molecule has 0 aliphatic rings. The van der Waals surface area contributed by atoms with Crippen LogP contribution >= 0.6 is 0 Å². The Morgan fingerprint density at radius 1 is 0.793 bits per heavy atom. The maximum Gasteiger partial charge on any atom is 0.705 e. The van der Waals surface area contributed by atoms with Crippen LogP contribution in [-0.2, 0) is 29.3 Å². The van der Waals surface area contributed by atoms with Crippen molar-refractivity contribution in [3.05, 3.63) is 59.7 Å². The highest BCUT2D eigenvalue weighted by molar-refractivity contribution is 6.65. The van der Waals surface area contributed by atoms with E-state index in [1.165, 1.54) is 24.3 Å². The van der Waals surface area contributed by atoms with Gasteiger partial charge in [-0.05, 0) is 54.8 Å². The third-order valence-corrected chi connectivity index (χ3v) is 6.49. The van der Waals surface area contributed by atoms with E-state index in [-0.39, 0.29) is 23.1 Å². The van der Waals surface area contributed by atoms with Crippen LogP contribution in [0.25, 0.3) is 0 Å². The fourth-order valence-corrected chi connectivity index (χ4v) is 4.94. The van der Waals surface area contributed by atoms with E-state index in [4.69, 9.17) is 13.3 Å². The maximum atomic E-state index is 12.5. The summed E-state index contributed by atoms with van der Waals surface area (Å²) in [6, 6.07) is 11.9. The van der Waals surface area contributed by atoms with Crippen LogP contribution in [0.1, 0.15) is 36.2 Å². The van der Waals surface area contributed by atoms with E-state index in [2.05, 4.69) is 0 Å². The van der Waals surface area contributed by atoms with Crippen molar-refractivity contribution in [2.75, 3.05) is 0 Å². The normalized spacial score (nSPS) is 10.8. The van der Waals surface area contributed by atoms with E-state index >= 15 is 0 Å². The van der Waals surface area contributed by atoms with Crippen LogP contribution in [0.2, 0.25) is 6.04 Å². The van der Waals surface area contributed by atoms with Gasteiger partial charge in [-0.1, -0.05) is 12.1 Å². The van der Waals surface area contributed by atoms with E-state index in [0.29, 0.717) is 12.8 Å². The molecule has 154 valence electrons. The molecule has 0 saturated carbocycles. The minimum absolute atomic E-state index is 0.0288. The Morgan fingerprint density at radius 2 is 1.28 bits per heavy atom. The van der Waals surface area contributed by atoms with Gasteiger partial charge in [-0.2, -0.15) is 0 Å². The van der Waals surface area contributed by atoms with Crippen molar-refractivity contribution >= 4 is 26.7 Å². The van der Waals surface area contributed by atoms with E-state index in [1.54, 1.807) is 24.3 Å². The summed E-state index contributed by atoms with van der Waals surface area (Å²) in [4.78, 5) is 35.8. The molecule has 0 spiro atoms. The van der Waals surface area contributed by atoms with Crippen LogP contribution in [0, 0.1) is 0 Å². The van der Waals surface area contributed by atoms with Crippen molar-refractivity contribution in [2.45, 2.75) is 32.7 Å². The number of phenols is 2. The van der Waals surface area contributed by atoms with Gasteiger partial charge < -0.3 is 23.5 Å². The van der Waals surface area contributed by atoms with Gasteiger partial charge in [0, 0.05) is 13.8 Å². The Kier molecular flexibility index (Phi) is 7.37. The quantitative estimate of drug-likeness (QED) is 0.628. The second-order valence-electron chi connectivity index (χ2n) is 6.33. The lowest BCUT2D eigenvalue weighted by molar-refractivity contribution is -0.142. The highest BCUT2D eigenvalue weighted by Crippen LogP contribution is 2.23. The lowest BCUT2D eigenvalue weighted by Crippen LogP contribution is -2.49. The van der Waals surface area contributed by atoms with Gasteiger partial charge in [-0.25, -0.2) is 4.79 Å². The highest BCUT2D eigenvalue weighted by atomic mass is 28.4. The predicted molar refractivity (Wildman–Crippen MR) is 104 cm³/mol. The summed E-state index contributed by atoms with van der Waals surface area (Å²) in [5.74, 6) is -2.19. The minimum atomic E-state index is -4.01. The topological polar surface area (TPSA) is 119 Å². The molecule has 0 bridgehead atoms. The molecule has 0 fully saturated rings. The summed E-state index contributed by atoms with van der Waals surface area (Å²) in [5, 5.41) is 18.7. The molecule has 0 unspecified atom stereocenters. The summed E-state index contributed by atoms with van der Waals surface area (Å²) in [6.45, 7) is 2.28. The van der Waals surface area contributed by atoms with Crippen molar-refractivity contribution in [1.29, 1.82) is 0 Å². The van der Waals surface area contributed by atoms with Gasteiger partial charge in [-0.3, -0.25) is 9.59 Å². The van der Waals surface area contributed by atoms with Crippen molar-refractivity contribution in [3.63, 3.8) is 0 Å². The second-order valence-corrected chi connectivity index (χ2v) is 8.81. The number of carbonyl (C=O) groups is 3. The zero-order valence-corrected chi connectivity index (χ0v) is 17.1. The number of carbonyl (C=O) groups excluding carboxylic acids is 3. The lowest BCUT2D eigenvalue weighted by atomic mass is 10.1. The molecule has 0 atom stereocenters. The average molecular weight is 418 g/mol. The van der Waals surface area contributed by atoms with Gasteiger partial charge in [0.05, 0.1) is 11.6 Å². The number of hydrogen-bond donors (Lipinski definition) is 2. The zero-order valence-electron chi connectivity index (χ0n) is 16.1. The number of phenolic OH excluding ortho intramolecular Hbond substituents is 2. The predicted octanol–water partition coefficient (Wildman–Crippen LogP) is 2.95. The number of aromatic hydroxyl groups is 2. The first kappa shape index (κ1) is 22.0. The number of benzene rings is 2. The molecule has 29 heavy (non-hydrogen) atoms. The second kappa shape index (κ2) is 9.74. The fraction of sp³-hybridized carbons (Fsp3) is 0.250. The molecule has 0 aromatic heterocycles. The fourth-order valence-electron chi connectivity index (χ4n) is 2.62. The summed E-state index contributed by atoms with van der Waals surface area (Å²) < 4.78 is 15.9. The first-order valence-corrected chi connectivity index (χ1v) is 10.8. The first-order chi connectivity index (χ1) is 13.7. The monoisotopic (exact) mass is 418 g/mol. The summed E-state index contributed by atoms with van der Waals surface area (Å²) in [6.07, 6.45) is 0.925. The zero-order chi connectivity index (χ0) is 21.4. The molecule has 0 aliphatic heterocycles. The number of aryl methyl sites for hydroxylation is 1. The molecule has 0 radical (unpaired) electrons. The van der Waals surface area contributed by atoms with E-state index in [0.717, 1.165) is 19.4 Å². The van der Waals surface area contributed by atoms with Gasteiger partial charge in [0.1, 0.15) is 11.5 Å². The summed E-state index contributed by atoms with van der Waals surface area (Å²) in [5.41, 5.74) is 1.01. The van der Waals surface area contributed by atoms with Crippen LogP contribution in [-0.4, -0.2) is 36.9 Å². The Labute approximate surface area is 169 Å². The minimum Gasteiger partial charge on any atom is -0.508 e. The van der Waals surface area contributed by atoms with Gasteiger partial charge in [0.25, 0.3) is 11.9 Å². The van der Waals surface area contributed by atoms with Gasteiger partial charge in [-0.15, -0.1) is 0 Å². The van der Waals surface area contributed by atoms with Gasteiger partial charge in [0.2, 0.25) is 0 Å². The standard InChI is InChI=1S/C20H22O8Si/c1-14(21)26-29(27-15(2)22,13-3-4-16-5-9-18(23)10-6-16)28-20(25)17-7-11-19(24)12-8-17/h5-12,23-24H,3-4,13H2,1-2H3.